The number of Topliss-reactive ketones (excluding diaryl/α,β-unsaturated/α-hetero) is 1. The van der Waals surface area contributed by atoms with Crippen LogP contribution in [0.1, 0.15) is 65.8 Å². The molecule has 408 valence electrons. The molecule has 0 aliphatic heterocycles. The number of alkyl halides is 1. The molecule has 1 heterocycles. The number of nitrogens with two attached hydrogens (primary N) is 1. The minimum atomic E-state index is -0.433. The lowest BCUT2D eigenvalue weighted by Crippen LogP contribution is -2.20. The maximum atomic E-state index is 14.3. The van der Waals surface area contributed by atoms with Gasteiger partial charge in [0.05, 0.1) is 34.0 Å². The molecule has 6 aromatic rings. The predicted octanol–water partition coefficient (Wildman–Crippen LogP) is 10.8. The summed E-state index contributed by atoms with van der Waals surface area (Å²) >= 11 is 2.90. The van der Waals surface area contributed by atoms with E-state index in [1.54, 1.807) is 61.5 Å². The number of benzene rings is 5. The summed E-state index contributed by atoms with van der Waals surface area (Å²) in [5, 5.41) is 9.95. The Hall–Kier alpha value is -7.24. The fraction of sp³-hybridized carbons (Fsp3) is 0.345. The third-order valence-electron chi connectivity index (χ3n) is 12.4. The Balaban J connectivity index is 0.000000303. The van der Waals surface area contributed by atoms with Crippen LogP contribution in [0.3, 0.4) is 0 Å². The van der Waals surface area contributed by atoms with Crippen molar-refractivity contribution in [1.82, 2.24) is 4.98 Å². The number of aryl methyl sites for hydroxylation is 3. The van der Waals surface area contributed by atoms with E-state index in [-0.39, 0.29) is 66.6 Å². The van der Waals surface area contributed by atoms with E-state index in [2.05, 4.69) is 39.9 Å². The van der Waals surface area contributed by atoms with E-state index in [0.29, 0.717) is 52.4 Å². The van der Waals surface area contributed by atoms with Gasteiger partial charge >= 0.3 is 23.9 Å². The van der Waals surface area contributed by atoms with Crippen LogP contribution in [-0.2, 0) is 49.3 Å². The number of carbonyl (C=O) groups excluding carboxylic acids is 5. The number of nitrogens with zero attached hydrogens (tertiary/aromatic N) is 1. The number of hydrogen-bond donors (Lipinski definition) is 2. The van der Waals surface area contributed by atoms with Gasteiger partial charge in [0, 0.05) is 29.6 Å². The highest BCUT2D eigenvalue weighted by atomic mass is 79.9. The number of ether oxygens (including phenoxy) is 7. The first-order valence-electron chi connectivity index (χ1n) is 24.0. The van der Waals surface area contributed by atoms with Crippen LogP contribution in [0.5, 0.6) is 23.0 Å². The van der Waals surface area contributed by atoms with E-state index < -0.39 is 11.9 Å². The first-order chi connectivity index (χ1) is 35.9. The molecular weight excluding hydrogens is 1070 g/mol. The molecule has 1 unspecified atom stereocenters. The molecule has 0 saturated heterocycles. The fourth-order valence-electron chi connectivity index (χ4n) is 7.94. The monoisotopic (exact) mass is 1130 g/mol. The molecule has 0 amide bonds. The van der Waals surface area contributed by atoms with Crippen molar-refractivity contribution in [2.45, 2.75) is 65.2 Å². The molecule has 1 spiro atoms. The number of fused-ring (bicyclic) bond motifs is 1. The normalized spacial score (nSPS) is 15.5. The Morgan fingerprint density at radius 2 is 1.11 bits per heavy atom. The number of esters is 4. The second kappa shape index (κ2) is 32.3. The summed E-state index contributed by atoms with van der Waals surface area (Å²) in [6.07, 6.45) is 7.33. The Kier molecular flexibility index (Phi) is 26.8. The van der Waals surface area contributed by atoms with Gasteiger partial charge in [0.2, 0.25) is 0 Å². The summed E-state index contributed by atoms with van der Waals surface area (Å²) in [5.74, 6) is 1.35. The summed E-state index contributed by atoms with van der Waals surface area (Å²) in [6, 6.07) is 34.2. The lowest BCUT2D eigenvalue weighted by molar-refractivity contribution is -0.143. The van der Waals surface area contributed by atoms with E-state index in [4.69, 9.17) is 25.1 Å². The number of aromatic hydroxyl groups is 1. The zero-order valence-electron chi connectivity index (χ0n) is 43.8. The van der Waals surface area contributed by atoms with Gasteiger partial charge in [-0.25, -0.2) is 18.8 Å². The molecule has 1 aromatic heterocycles. The van der Waals surface area contributed by atoms with Crippen LogP contribution in [0.15, 0.2) is 121 Å². The van der Waals surface area contributed by atoms with Crippen LogP contribution in [-0.4, -0.2) is 93.3 Å². The van der Waals surface area contributed by atoms with Crippen molar-refractivity contribution in [2.75, 3.05) is 59.3 Å². The summed E-state index contributed by atoms with van der Waals surface area (Å²) in [4.78, 5) is 60.0. The minimum absolute atomic E-state index is 0. The van der Waals surface area contributed by atoms with Crippen LogP contribution in [0.4, 0.5) is 10.1 Å². The second-order valence-corrected chi connectivity index (χ2v) is 18.3. The van der Waals surface area contributed by atoms with Gasteiger partial charge in [-0.05, 0) is 160 Å². The van der Waals surface area contributed by atoms with Crippen molar-refractivity contribution in [3.05, 3.63) is 155 Å². The van der Waals surface area contributed by atoms with Crippen LogP contribution in [0.25, 0.3) is 10.9 Å². The zero-order valence-corrected chi connectivity index (χ0v) is 46.2. The van der Waals surface area contributed by atoms with Gasteiger partial charge in [0.1, 0.15) is 39.9 Å². The number of aromatic nitrogens is 1. The van der Waals surface area contributed by atoms with Gasteiger partial charge in [-0.2, -0.15) is 0 Å². The topological polar surface area (TPSA) is 209 Å². The average Bonchev–Trinajstić information content (AvgIpc) is 4.14. The summed E-state index contributed by atoms with van der Waals surface area (Å²) < 4.78 is 47.5. The highest BCUT2D eigenvalue weighted by molar-refractivity contribution is 9.09. The van der Waals surface area contributed by atoms with Crippen molar-refractivity contribution in [1.29, 1.82) is 0 Å². The average molecular weight is 1130 g/mol. The lowest BCUT2D eigenvalue weighted by atomic mass is 9.74. The highest BCUT2D eigenvalue weighted by Gasteiger charge is 2.57. The first-order valence-corrected chi connectivity index (χ1v) is 25.1. The zero-order chi connectivity index (χ0) is 54.9. The van der Waals surface area contributed by atoms with Crippen LogP contribution in [0, 0.1) is 37.9 Å². The van der Waals surface area contributed by atoms with Gasteiger partial charge in [-0.15, -0.1) is 12.4 Å². The number of rotatable bonds is 14. The molecule has 15 nitrogen and oxygen atoms in total. The molecule has 0 radical (unpaired) electrons. The minimum Gasteiger partial charge on any atom is -0.508 e. The number of carbonyl (C=O) groups is 5. The number of phenolic OH excluding ortho intramolecular Hbond substituents is 1. The van der Waals surface area contributed by atoms with E-state index in [0.717, 1.165) is 54.1 Å². The smallest absolute Gasteiger partial charge is 0.343 e. The highest BCUT2D eigenvalue weighted by Crippen LogP contribution is 2.63. The van der Waals surface area contributed by atoms with Gasteiger partial charge in [-0.1, -0.05) is 63.5 Å². The van der Waals surface area contributed by atoms with E-state index in [1.807, 2.05) is 80.7 Å². The molecule has 5 aromatic carbocycles. The molecule has 8 rings (SSSR count). The Morgan fingerprint density at radius 3 is 1.54 bits per heavy atom. The molecule has 76 heavy (non-hydrogen) atoms. The number of halogens is 3. The van der Waals surface area contributed by atoms with Crippen molar-refractivity contribution >= 4 is 74.6 Å². The fourth-order valence-corrected chi connectivity index (χ4v) is 8.17. The largest absolute Gasteiger partial charge is 0.508 e. The van der Waals surface area contributed by atoms with Crippen LogP contribution >= 0.6 is 28.3 Å². The van der Waals surface area contributed by atoms with Crippen molar-refractivity contribution in [3.63, 3.8) is 0 Å². The number of methoxy groups -OCH3 is 4. The van der Waals surface area contributed by atoms with Crippen molar-refractivity contribution in [3.8, 4) is 23.0 Å². The van der Waals surface area contributed by atoms with Gasteiger partial charge in [-0.3, -0.25) is 14.6 Å². The second-order valence-electron chi connectivity index (χ2n) is 17.7. The number of nitrogen functional groups attached to an aromatic ring is 1. The number of ketones is 1. The Labute approximate surface area is 458 Å². The molecule has 2 fully saturated rings. The van der Waals surface area contributed by atoms with Crippen LogP contribution in [0.2, 0.25) is 0 Å². The Bertz CT molecular complexity index is 2680. The summed E-state index contributed by atoms with van der Waals surface area (Å²) in [5.41, 5.74) is 12.2. The van der Waals surface area contributed by atoms with Crippen molar-refractivity contribution in [2.24, 2.45) is 11.3 Å². The third-order valence-corrected chi connectivity index (χ3v) is 12.8. The molecule has 1 atom stereocenters. The van der Waals surface area contributed by atoms with E-state index in [9.17, 15) is 28.4 Å². The molecule has 18 heteroatoms. The van der Waals surface area contributed by atoms with Gasteiger partial charge in [0.15, 0.2) is 19.8 Å². The predicted molar refractivity (Wildman–Crippen MR) is 294 cm³/mol. The van der Waals surface area contributed by atoms with Gasteiger partial charge in [0.25, 0.3) is 0 Å². The number of anilines is 1. The van der Waals surface area contributed by atoms with Crippen LogP contribution < -0.4 is 19.9 Å². The maximum Gasteiger partial charge on any atom is 0.343 e. The number of pyridine rings is 1. The van der Waals surface area contributed by atoms with Crippen molar-refractivity contribution < 1.29 is 66.6 Å². The molecule has 3 N–H and O–H groups in total. The first kappa shape index (κ1) is 63.1. The third kappa shape index (κ3) is 21.2. The van der Waals surface area contributed by atoms with E-state index >= 15 is 0 Å². The molecule has 2 saturated carbocycles. The number of phenols is 1. The quantitative estimate of drug-likeness (QED) is 0.0450. The Morgan fingerprint density at radius 1 is 0.658 bits per heavy atom. The van der Waals surface area contributed by atoms with E-state index in [1.165, 1.54) is 39.6 Å². The molecule has 2 aliphatic rings. The SMILES string of the molecule is COC(=O)CBr.COC(=O)COc1ccc(C)cc1.COC(=O)COc1ccc(CC(=O)C2CC23CCC(c2ccnc4cc(C)c(F)cc24)CC3)cc1.COC(=O)COc1ccc(N)cc1.Cc1ccc(O)cc1.Cl. The van der Waals surface area contributed by atoms with Gasteiger partial charge < -0.3 is 44.0 Å². The number of hydrogen-bond acceptors (Lipinski definition) is 15. The standard InChI is InChI=1S/C29H30FNO4.C10H12O3.C9H11NO3.C7H8O.C3H5BrO2.ClH/c1-18-13-26-23(15-25(18)30)22(9-12-31-26)20-7-10-29(11-8-20)16-24(29)27(32)14-19-3-5-21(6-4-19)35-17-28(33)34-2;1-8-3-5-9(6-4-8)13-7-10(11)12-2;1-12-9(11)6-13-8-4-2-7(10)3-5-8;1-6-2-4-7(8)5-3-6;1-6-3(5)2-4;/h3-6,9,12-13,15,20,24H,7-8,10-11,14,16-17H2,1-2H3;3-6H,7H2,1-2H3;2-5H,6,10H2,1H3;2-5,8H,1H3;2H2,1H3;1H. The lowest BCUT2D eigenvalue weighted by Gasteiger charge is -2.30. The summed E-state index contributed by atoms with van der Waals surface area (Å²) in [6.45, 7) is 5.48. The molecule has 0 bridgehead atoms. The maximum absolute atomic E-state index is 14.3. The molecular formula is C58H67BrClFN2O13. The molecule has 2 aliphatic carbocycles. The summed E-state index contributed by atoms with van der Waals surface area (Å²) in [7, 11) is 5.32.